The molecule has 0 bridgehead atoms. The van der Waals surface area contributed by atoms with Gasteiger partial charge in [0.05, 0.1) is 11.5 Å². The molecule has 0 heterocycles. The van der Waals surface area contributed by atoms with Gasteiger partial charge < -0.3 is 5.11 Å². The molecule has 0 fully saturated rings. The first-order chi connectivity index (χ1) is 4.88. The highest BCUT2D eigenvalue weighted by Gasteiger charge is 2.31. The van der Waals surface area contributed by atoms with Crippen LogP contribution in [0, 0.1) is 0 Å². The molecule has 0 aromatic rings. The van der Waals surface area contributed by atoms with E-state index in [1.165, 1.54) is 0 Å². The molecule has 0 spiro atoms. The lowest BCUT2D eigenvalue weighted by molar-refractivity contribution is -0.0833. The third-order valence-corrected chi connectivity index (χ3v) is 1.37. The zero-order valence-electron chi connectivity index (χ0n) is 5.22. The summed E-state index contributed by atoms with van der Waals surface area (Å²) in [6, 6.07) is 0. The maximum atomic E-state index is 11.7. The van der Waals surface area contributed by atoms with Gasteiger partial charge in [0, 0.05) is 4.86 Å². The lowest BCUT2D eigenvalue weighted by Gasteiger charge is -2.04. The first-order valence-corrected chi connectivity index (χ1v) is 3.35. The zero-order valence-corrected chi connectivity index (χ0v) is 6.93. The van der Waals surface area contributed by atoms with Crippen LogP contribution in [0.25, 0.3) is 0 Å². The Morgan fingerprint density at radius 2 is 2.00 bits per heavy atom. The Bertz CT molecular complexity index is 185. The van der Waals surface area contributed by atoms with Crippen molar-refractivity contribution in [1.29, 1.82) is 0 Å². The Morgan fingerprint density at radius 3 is 2.27 bits per heavy atom. The molecule has 0 atom stereocenters. The number of rotatable bonds is 2. The van der Waals surface area contributed by atoms with E-state index < -0.39 is 17.7 Å². The van der Waals surface area contributed by atoms with Crippen LogP contribution in [-0.2, 0) is 0 Å². The SMILES string of the molecule is OCC(=S)/C=C(/S)C(F)(F)F. The summed E-state index contributed by atoms with van der Waals surface area (Å²) >= 11 is 7.47. The topological polar surface area (TPSA) is 20.2 Å². The van der Waals surface area contributed by atoms with Gasteiger partial charge in [0.15, 0.2) is 0 Å². The fraction of sp³-hybridized carbons (Fsp3) is 0.400. The Kier molecular flexibility index (Phi) is 4.05. The van der Waals surface area contributed by atoms with Crippen molar-refractivity contribution < 1.29 is 18.3 Å². The first kappa shape index (κ1) is 10.9. The van der Waals surface area contributed by atoms with Crippen molar-refractivity contribution in [2.24, 2.45) is 0 Å². The summed E-state index contributed by atoms with van der Waals surface area (Å²) in [5.41, 5.74) is 0. The number of allylic oxidation sites excluding steroid dienone is 1. The van der Waals surface area contributed by atoms with E-state index in [0.29, 0.717) is 6.08 Å². The summed E-state index contributed by atoms with van der Waals surface area (Å²) in [6.45, 7) is -0.574. The van der Waals surface area contributed by atoms with Crippen LogP contribution in [0.2, 0.25) is 0 Å². The van der Waals surface area contributed by atoms with Gasteiger partial charge in [-0.05, 0) is 6.08 Å². The molecular weight excluding hydrogens is 197 g/mol. The van der Waals surface area contributed by atoms with Crippen LogP contribution >= 0.6 is 24.8 Å². The minimum absolute atomic E-state index is 0.188. The van der Waals surface area contributed by atoms with Crippen molar-refractivity contribution in [2.75, 3.05) is 6.61 Å². The van der Waals surface area contributed by atoms with Gasteiger partial charge in [-0.25, -0.2) is 0 Å². The molecule has 0 saturated carbocycles. The standard InChI is InChI=1S/C5H5F3OS2/c6-5(7,8)4(11)1-3(10)2-9/h1,9,11H,2H2/b4-1+. The molecule has 0 amide bonds. The highest BCUT2D eigenvalue weighted by Crippen LogP contribution is 2.27. The van der Waals surface area contributed by atoms with Crippen molar-refractivity contribution in [3.05, 3.63) is 11.0 Å². The van der Waals surface area contributed by atoms with E-state index >= 15 is 0 Å². The Hall–Kier alpha value is -0.0700. The van der Waals surface area contributed by atoms with E-state index in [-0.39, 0.29) is 4.86 Å². The summed E-state index contributed by atoms with van der Waals surface area (Å²) in [5, 5.41) is 8.26. The molecule has 0 aliphatic rings. The van der Waals surface area contributed by atoms with Gasteiger partial charge in [0.2, 0.25) is 0 Å². The fourth-order valence-electron chi connectivity index (χ4n) is 0.280. The van der Waals surface area contributed by atoms with Crippen LogP contribution < -0.4 is 0 Å². The van der Waals surface area contributed by atoms with Crippen LogP contribution in [0.1, 0.15) is 0 Å². The maximum Gasteiger partial charge on any atom is 0.422 e. The largest absolute Gasteiger partial charge is 0.422 e. The molecular formula is C5H5F3OS2. The van der Waals surface area contributed by atoms with E-state index in [2.05, 4.69) is 24.8 Å². The van der Waals surface area contributed by atoms with E-state index in [9.17, 15) is 13.2 Å². The summed E-state index contributed by atoms with van der Waals surface area (Å²) in [6.07, 6.45) is -3.87. The number of thiocarbonyl (C=S) groups is 1. The van der Waals surface area contributed by atoms with E-state index in [0.717, 1.165) is 0 Å². The quantitative estimate of drug-likeness (QED) is 0.404. The molecule has 0 unspecified atom stereocenters. The number of hydrogen-bond acceptors (Lipinski definition) is 3. The average Bonchev–Trinajstić information content (AvgIpc) is 1.85. The molecule has 1 N–H and O–H groups in total. The molecule has 6 heteroatoms. The normalized spacial score (nSPS) is 13.4. The van der Waals surface area contributed by atoms with Gasteiger partial charge in [0.25, 0.3) is 0 Å². The second-order valence-corrected chi connectivity index (χ2v) is 2.66. The minimum Gasteiger partial charge on any atom is -0.391 e. The van der Waals surface area contributed by atoms with Crippen LogP contribution in [-0.4, -0.2) is 22.8 Å². The Labute approximate surface area is 72.3 Å². The van der Waals surface area contributed by atoms with Crippen LogP contribution in [0.3, 0.4) is 0 Å². The van der Waals surface area contributed by atoms with E-state index in [4.69, 9.17) is 5.11 Å². The number of alkyl halides is 3. The van der Waals surface area contributed by atoms with Gasteiger partial charge >= 0.3 is 6.18 Å². The lowest BCUT2D eigenvalue weighted by Crippen LogP contribution is -2.09. The third-order valence-electron chi connectivity index (χ3n) is 0.744. The van der Waals surface area contributed by atoms with Gasteiger partial charge in [-0.1, -0.05) is 12.2 Å². The Morgan fingerprint density at radius 1 is 1.55 bits per heavy atom. The molecule has 11 heavy (non-hydrogen) atoms. The second kappa shape index (κ2) is 4.08. The van der Waals surface area contributed by atoms with E-state index in [1.54, 1.807) is 0 Å². The summed E-state index contributed by atoms with van der Waals surface area (Å²) in [5.74, 6) is 0. The van der Waals surface area contributed by atoms with Crippen LogP contribution in [0.5, 0.6) is 0 Å². The molecule has 64 valence electrons. The highest BCUT2D eigenvalue weighted by atomic mass is 32.1. The Balaban J connectivity index is 4.35. The number of thiol groups is 1. The molecule has 0 aromatic heterocycles. The highest BCUT2D eigenvalue weighted by molar-refractivity contribution is 7.85. The van der Waals surface area contributed by atoms with Crippen molar-refractivity contribution >= 4 is 29.7 Å². The van der Waals surface area contributed by atoms with Gasteiger partial charge in [-0.3, -0.25) is 0 Å². The molecule has 0 aromatic carbocycles. The third kappa shape index (κ3) is 4.39. The number of aliphatic hydroxyl groups is 1. The molecule has 0 aliphatic heterocycles. The summed E-state index contributed by atoms with van der Waals surface area (Å²) < 4.78 is 35.0. The summed E-state index contributed by atoms with van der Waals surface area (Å²) in [4.78, 5) is -1.29. The van der Waals surface area contributed by atoms with Crippen molar-refractivity contribution in [3.8, 4) is 0 Å². The van der Waals surface area contributed by atoms with Crippen molar-refractivity contribution in [3.63, 3.8) is 0 Å². The molecule has 0 saturated heterocycles. The van der Waals surface area contributed by atoms with Crippen molar-refractivity contribution in [2.45, 2.75) is 6.18 Å². The smallest absolute Gasteiger partial charge is 0.391 e. The van der Waals surface area contributed by atoms with Gasteiger partial charge in [-0.15, -0.1) is 12.6 Å². The molecule has 1 nitrogen and oxygen atoms in total. The molecule has 0 aliphatic carbocycles. The summed E-state index contributed by atoms with van der Waals surface area (Å²) in [7, 11) is 0. The minimum atomic E-state index is -4.48. The first-order valence-electron chi connectivity index (χ1n) is 2.49. The second-order valence-electron chi connectivity index (χ2n) is 1.65. The fourth-order valence-corrected chi connectivity index (χ4v) is 0.641. The number of hydrogen-bond donors (Lipinski definition) is 2. The molecule has 0 radical (unpaired) electrons. The number of halogens is 3. The van der Waals surface area contributed by atoms with Gasteiger partial charge in [-0.2, -0.15) is 13.2 Å². The number of aliphatic hydroxyl groups excluding tert-OH is 1. The predicted molar refractivity (Wildman–Crippen MR) is 42.8 cm³/mol. The molecule has 0 rings (SSSR count). The monoisotopic (exact) mass is 202 g/mol. The van der Waals surface area contributed by atoms with E-state index in [1.807, 2.05) is 0 Å². The zero-order chi connectivity index (χ0) is 9.07. The van der Waals surface area contributed by atoms with Gasteiger partial charge in [0.1, 0.15) is 0 Å². The predicted octanol–water partition coefficient (Wildman–Crippen LogP) is 1.72. The van der Waals surface area contributed by atoms with Crippen molar-refractivity contribution in [1.82, 2.24) is 0 Å². The van der Waals surface area contributed by atoms with Crippen LogP contribution in [0.4, 0.5) is 13.2 Å². The maximum absolute atomic E-state index is 11.7. The lowest BCUT2D eigenvalue weighted by atomic mass is 10.4. The average molecular weight is 202 g/mol. The van der Waals surface area contributed by atoms with Crippen LogP contribution in [0.15, 0.2) is 11.0 Å².